The van der Waals surface area contributed by atoms with E-state index in [2.05, 4.69) is 26.1 Å². The van der Waals surface area contributed by atoms with Crippen molar-refractivity contribution >= 4 is 6.03 Å². The van der Waals surface area contributed by atoms with E-state index in [1.165, 1.54) is 0 Å². The maximum absolute atomic E-state index is 12.8. The highest BCUT2D eigenvalue weighted by Gasteiger charge is 2.40. The Morgan fingerprint density at radius 3 is 2.71 bits per heavy atom. The van der Waals surface area contributed by atoms with Crippen LogP contribution in [-0.2, 0) is 4.74 Å². The lowest BCUT2D eigenvalue weighted by atomic mass is 9.81. The molecule has 1 aliphatic heterocycles. The second-order valence-electron chi connectivity index (χ2n) is 8.22. The molecule has 5 nitrogen and oxygen atoms in total. The molecule has 0 bridgehead atoms. The van der Waals surface area contributed by atoms with Crippen LogP contribution in [0.15, 0.2) is 22.8 Å². The number of carbonyl (C=O) groups is 1. The van der Waals surface area contributed by atoms with Gasteiger partial charge < -0.3 is 19.4 Å². The molecule has 3 atom stereocenters. The molecule has 2 aliphatic rings. The molecule has 1 saturated heterocycles. The largest absolute Gasteiger partial charge is 0.467 e. The third-order valence-corrected chi connectivity index (χ3v) is 5.13. The monoisotopic (exact) mass is 334 g/mol. The number of urea groups is 1. The van der Waals surface area contributed by atoms with Crippen LogP contribution in [0.5, 0.6) is 0 Å². The number of ether oxygens (including phenoxy) is 1. The molecular formula is C19H30N2O3. The SMILES string of the molecule is C[C@H](c1ccco1)N(C(=O)NC[C@H]1CCO[C@@H]1C(C)(C)C)C1CC1. The number of amides is 2. The molecule has 3 rings (SSSR count). The highest BCUT2D eigenvalue weighted by Crippen LogP contribution is 2.36. The zero-order valence-corrected chi connectivity index (χ0v) is 15.2. The summed E-state index contributed by atoms with van der Waals surface area (Å²) >= 11 is 0. The summed E-state index contributed by atoms with van der Waals surface area (Å²) in [6.07, 6.45) is 5.04. The molecule has 1 N–H and O–H groups in total. The van der Waals surface area contributed by atoms with Crippen molar-refractivity contribution in [2.75, 3.05) is 13.2 Å². The van der Waals surface area contributed by atoms with Gasteiger partial charge in [0, 0.05) is 25.1 Å². The minimum atomic E-state index is -0.0364. The number of rotatable bonds is 5. The lowest BCUT2D eigenvalue weighted by molar-refractivity contribution is 0.00744. The van der Waals surface area contributed by atoms with Crippen molar-refractivity contribution in [2.45, 2.75) is 65.1 Å². The number of nitrogens with one attached hydrogen (secondary N) is 1. The van der Waals surface area contributed by atoms with E-state index in [1.54, 1.807) is 6.26 Å². The smallest absolute Gasteiger partial charge is 0.318 e. The number of nitrogens with zero attached hydrogens (tertiary/aromatic N) is 1. The van der Waals surface area contributed by atoms with E-state index in [4.69, 9.17) is 9.15 Å². The lowest BCUT2D eigenvalue weighted by Gasteiger charge is -2.32. The first kappa shape index (κ1) is 17.3. The van der Waals surface area contributed by atoms with Crippen LogP contribution in [0.25, 0.3) is 0 Å². The van der Waals surface area contributed by atoms with E-state index in [0.29, 0.717) is 18.5 Å². The molecule has 1 aliphatic carbocycles. The van der Waals surface area contributed by atoms with E-state index < -0.39 is 0 Å². The van der Waals surface area contributed by atoms with Crippen molar-refractivity contribution in [3.8, 4) is 0 Å². The van der Waals surface area contributed by atoms with Gasteiger partial charge in [-0.1, -0.05) is 20.8 Å². The van der Waals surface area contributed by atoms with Crippen LogP contribution >= 0.6 is 0 Å². The van der Waals surface area contributed by atoms with Gasteiger partial charge in [0.2, 0.25) is 0 Å². The minimum Gasteiger partial charge on any atom is -0.467 e. The Balaban J connectivity index is 1.60. The van der Waals surface area contributed by atoms with Crippen LogP contribution in [0.1, 0.15) is 58.8 Å². The molecule has 24 heavy (non-hydrogen) atoms. The molecule has 1 aromatic rings. The van der Waals surface area contributed by atoms with E-state index in [-0.39, 0.29) is 23.6 Å². The van der Waals surface area contributed by atoms with Gasteiger partial charge >= 0.3 is 6.03 Å². The van der Waals surface area contributed by atoms with E-state index in [9.17, 15) is 4.79 Å². The van der Waals surface area contributed by atoms with Crippen molar-refractivity contribution in [3.63, 3.8) is 0 Å². The summed E-state index contributed by atoms with van der Waals surface area (Å²) in [5.74, 6) is 1.22. The quantitative estimate of drug-likeness (QED) is 0.886. The maximum Gasteiger partial charge on any atom is 0.318 e. The molecule has 134 valence electrons. The fraction of sp³-hybridized carbons (Fsp3) is 0.737. The van der Waals surface area contributed by atoms with Crippen LogP contribution in [0.4, 0.5) is 4.79 Å². The van der Waals surface area contributed by atoms with Gasteiger partial charge in [-0.3, -0.25) is 0 Å². The van der Waals surface area contributed by atoms with E-state index in [1.807, 2.05) is 24.0 Å². The van der Waals surface area contributed by atoms with Gasteiger partial charge in [-0.05, 0) is 43.7 Å². The summed E-state index contributed by atoms with van der Waals surface area (Å²) in [6, 6.07) is 4.13. The molecule has 2 heterocycles. The third kappa shape index (κ3) is 3.77. The zero-order valence-electron chi connectivity index (χ0n) is 15.2. The van der Waals surface area contributed by atoms with Crippen molar-refractivity contribution in [1.29, 1.82) is 0 Å². The fourth-order valence-electron chi connectivity index (χ4n) is 3.79. The first-order chi connectivity index (χ1) is 11.4. The highest BCUT2D eigenvalue weighted by molar-refractivity contribution is 5.75. The summed E-state index contributed by atoms with van der Waals surface area (Å²) < 4.78 is 11.4. The Morgan fingerprint density at radius 1 is 1.38 bits per heavy atom. The molecule has 5 heteroatoms. The van der Waals surface area contributed by atoms with Gasteiger partial charge in [0.15, 0.2) is 0 Å². The third-order valence-electron chi connectivity index (χ3n) is 5.13. The number of hydrogen-bond acceptors (Lipinski definition) is 3. The van der Waals surface area contributed by atoms with Gasteiger partial charge in [0.25, 0.3) is 0 Å². The van der Waals surface area contributed by atoms with Gasteiger partial charge in [-0.2, -0.15) is 0 Å². The van der Waals surface area contributed by atoms with Gasteiger partial charge in [0.1, 0.15) is 5.76 Å². The average molecular weight is 334 g/mol. The molecule has 1 saturated carbocycles. The topological polar surface area (TPSA) is 54.7 Å². The van der Waals surface area contributed by atoms with Crippen LogP contribution in [-0.4, -0.2) is 36.2 Å². The molecule has 0 aromatic carbocycles. The lowest BCUT2D eigenvalue weighted by Crippen LogP contribution is -2.46. The van der Waals surface area contributed by atoms with Crippen LogP contribution in [0.3, 0.4) is 0 Å². The summed E-state index contributed by atoms with van der Waals surface area (Å²) in [4.78, 5) is 14.8. The van der Waals surface area contributed by atoms with Crippen LogP contribution in [0.2, 0.25) is 0 Å². The summed E-state index contributed by atoms with van der Waals surface area (Å²) in [5, 5.41) is 3.16. The molecular weight excluding hydrogens is 304 g/mol. The summed E-state index contributed by atoms with van der Waals surface area (Å²) in [5.41, 5.74) is 0.101. The van der Waals surface area contributed by atoms with Crippen molar-refractivity contribution in [2.24, 2.45) is 11.3 Å². The van der Waals surface area contributed by atoms with Crippen molar-refractivity contribution in [1.82, 2.24) is 10.2 Å². The molecule has 2 fully saturated rings. The number of furan rings is 1. The van der Waals surface area contributed by atoms with Crippen molar-refractivity contribution in [3.05, 3.63) is 24.2 Å². The predicted molar refractivity (Wildman–Crippen MR) is 92.7 cm³/mol. The summed E-state index contributed by atoms with van der Waals surface area (Å²) in [6.45, 7) is 10.1. The molecule has 0 radical (unpaired) electrons. The van der Waals surface area contributed by atoms with Gasteiger partial charge in [-0.25, -0.2) is 4.79 Å². The second kappa shape index (κ2) is 6.79. The van der Waals surface area contributed by atoms with Crippen LogP contribution in [0, 0.1) is 11.3 Å². The average Bonchev–Trinajstić information content (AvgIpc) is 3.05. The summed E-state index contributed by atoms with van der Waals surface area (Å²) in [7, 11) is 0. The Bertz CT molecular complexity index is 545. The standard InChI is InChI=1S/C19H30N2O3/c1-13(16-6-5-10-23-16)21(15-7-8-15)18(22)20-12-14-9-11-24-17(14)19(2,3)4/h5-6,10,13-15,17H,7-9,11-12H2,1-4H3,(H,20,22)/t13-,14-,17+/m1/s1. The van der Waals surface area contributed by atoms with E-state index in [0.717, 1.165) is 31.6 Å². The molecule has 1 aromatic heterocycles. The Morgan fingerprint density at radius 2 is 2.12 bits per heavy atom. The fourth-order valence-corrected chi connectivity index (χ4v) is 3.79. The van der Waals surface area contributed by atoms with Gasteiger partial charge in [-0.15, -0.1) is 0 Å². The first-order valence-electron chi connectivity index (χ1n) is 9.09. The normalized spacial score (nSPS) is 25.5. The Labute approximate surface area is 144 Å². The zero-order chi connectivity index (χ0) is 17.3. The Kier molecular flexibility index (Phi) is 4.90. The maximum atomic E-state index is 12.8. The second-order valence-corrected chi connectivity index (χ2v) is 8.22. The van der Waals surface area contributed by atoms with Crippen molar-refractivity contribution < 1.29 is 13.9 Å². The molecule has 2 amide bonds. The number of hydrogen-bond donors (Lipinski definition) is 1. The number of carbonyl (C=O) groups excluding carboxylic acids is 1. The van der Waals surface area contributed by atoms with Gasteiger partial charge in [0.05, 0.1) is 18.4 Å². The van der Waals surface area contributed by atoms with Crippen LogP contribution < -0.4 is 5.32 Å². The minimum absolute atomic E-state index is 0.0148. The van der Waals surface area contributed by atoms with E-state index >= 15 is 0 Å². The highest BCUT2D eigenvalue weighted by atomic mass is 16.5. The predicted octanol–water partition coefficient (Wildman–Crippen LogP) is 3.97. The first-order valence-corrected chi connectivity index (χ1v) is 9.09. The molecule has 0 unspecified atom stereocenters. The Hall–Kier alpha value is -1.49. The molecule has 0 spiro atoms.